The van der Waals surface area contributed by atoms with Crippen LogP contribution in [0.25, 0.3) is 0 Å². The number of hydrogen-bond donors (Lipinski definition) is 1. The third kappa shape index (κ3) is 3.14. The summed E-state index contributed by atoms with van der Waals surface area (Å²) in [7, 11) is 3.58. The van der Waals surface area contributed by atoms with Crippen LogP contribution in [0, 0.1) is 5.92 Å². The number of anilines is 1. The Morgan fingerprint density at radius 3 is 2.88 bits per heavy atom. The summed E-state index contributed by atoms with van der Waals surface area (Å²) >= 11 is 0. The average Bonchev–Trinajstić information content (AvgIpc) is 2.52. The fourth-order valence-corrected chi connectivity index (χ4v) is 2.55. The molecule has 0 saturated heterocycles. The lowest BCUT2D eigenvalue weighted by atomic mass is 10.0. The van der Waals surface area contributed by atoms with Gasteiger partial charge in [0.2, 0.25) is 5.88 Å². The molecule has 4 nitrogen and oxygen atoms in total. The van der Waals surface area contributed by atoms with Gasteiger partial charge in [0.15, 0.2) is 5.82 Å². The molecule has 0 amide bonds. The number of aryl methyl sites for hydroxylation is 1. The molecule has 0 aliphatic heterocycles. The molecule has 2 atom stereocenters. The van der Waals surface area contributed by atoms with Gasteiger partial charge in [-0.2, -0.15) is 5.10 Å². The molecule has 1 N–H and O–H groups in total. The Morgan fingerprint density at radius 2 is 2.18 bits per heavy atom. The van der Waals surface area contributed by atoms with Crippen LogP contribution in [0.2, 0.25) is 0 Å². The zero-order valence-corrected chi connectivity index (χ0v) is 11.1. The van der Waals surface area contributed by atoms with Gasteiger partial charge in [0, 0.05) is 19.2 Å². The van der Waals surface area contributed by atoms with E-state index >= 15 is 0 Å². The summed E-state index contributed by atoms with van der Waals surface area (Å²) in [5, 5.41) is 7.93. The van der Waals surface area contributed by atoms with Crippen molar-refractivity contribution >= 4 is 5.82 Å². The molecule has 1 aromatic rings. The first kappa shape index (κ1) is 12.3. The number of rotatable bonds is 3. The molecule has 2 unspecified atom stereocenters. The molecular formula is C13H23N3O. The van der Waals surface area contributed by atoms with E-state index in [-0.39, 0.29) is 0 Å². The molecule has 0 spiro atoms. The van der Waals surface area contributed by atoms with Crippen LogP contribution >= 0.6 is 0 Å². The van der Waals surface area contributed by atoms with Crippen LogP contribution in [-0.4, -0.2) is 22.9 Å². The second-order valence-electron chi connectivity index (χ2n) is 5.15. The Hall–Kier alpha value is -1.19. The number of nitrogens with zero attached hydrogens (tertiary/aromatic N) is 2. The van der Waals surface area contributed by atoms with Crippen LogP contribution in [0.4, 0.5) is 5.82 Å². The van der Waals surface area contributed by atoms with Crippen LogP contribution in [0.1, 0.15) is 39.0 Å². The Bertz CT molecular complexity index is 362. The van der Waals surface area contributed by atoms with Crippen molar-refractivity contribution in [2.45, 2.75) is 45.1 Å². The second kappa shape index (κ2) is 5.43. The molecule has 1 heterocycles. The molecular weight excluding hydrogens is 214 g/mol. The highest BCUT2D eigenvalue weighted by molar-refractivity contribution is 5.39. The summed E-state index contributed by atoms with van der Waals surface area (Å²) in [6.07, 6.45) is 6.51. The first-order valence-corrected chi connectivity index (χ1v) is 6.53. The fraction of sp³-hybridized carbons (Fsp3) is 0.769. The van der Waals surface area contributed by atoms with Gasteiger partial charge in [-0.1, -0.05) is 19.8 Å². The van der Waals surface area contributed by atoms with Crippen LogP contribution in [0.15, 0.2) is 6.07 Å². The van der Waals surface area contributed by atoms with Crippen LogP contribution in [0.5, 0.6) is 5.88 Å². The molecule has 0 bridgehead atoms. The van der Waals surface area contributed by atoms with Crippen molar-refractivity contribution in [3.8, 4) is 5.88 Å². The summed E-state index contributed by atoms with van der Waals surface area (Å²) in [6, 6.07) is 2.54. The lowest BCUT2D eigenvalue weighted by molar-refractivity contribution is 0.373. The van der Waals surface area contributed by atoms with Crippen molar-refractivity contribution in [3.63, 3.8) is 0 Å². The number of hydrogen-bond acceptors (Lipinski definition) is 3. The maximum absolute atomic E-state index is 5.22. The molecule has 1 aliphatic carbocycles. The van der Waals surface area contributed by atoms with Gasteiger partial charge in [-0.15, -0.1) is 0 Å². The van der Waals surface area contributed by atoms with Gasteiger partial charge in [0.05, 0.1) is 7.11 Å². The minimum absolute atomic E-state index is 0.569. The minimum Gasteiger partial charge on any atom is -0.481 e. The van der Waals surface area contributed by atoms with E-state index in [0.717, 1.165) is 17.6 Å². The lowest BCUT2D eigenvalue weighted by Crippen LogP contribution is -2.18. The quantitative estimate of drug-likeness (QED) is 0.822. The van der Waals surface area contributed by atoms with E-state index in [1.54, 1.807) is 11.8 Å². The SMILES string of the molecule is COc1cc(NC2CCCC(C)CC2)nn1C. The molecule has 1 aromatic heterocycles. The van der Waals surface area contributed by atoms with E-state index < -0.39 is 0 Å². The number of ether oxygens (including phenoxy) is 1. The van der Waals surface area contributed by atoms with Crippen molar-refractivity contribution in [2.24, 2.45) is 13.0 Å². The maximum Gasteiger partial charge on any atom is 0.213 e. The molecule has 0 radical (unpaired) electrons. The smallest absolute Gasteiger partial charge is 0.213 e. The normalized spacial score (nSPS) is 25.4. The highest BCUT2D eigenvalue weighted by Crippen LogP contribution is 2.25. The maximum atomic E-state index is 5.22. The fourth-order valence-electron chi connectivity index (χ4n) is 2.55. The molecule has 17 heavy (non-hydrogen) atoms. The zero-order valence-electron chi connectivity index (χ0n) is 11.1. The van der Waals surface area contributed by atoms with Crippen LogP contribution in [-0.2, 0) is 7.05 Å². The molecule has 4 heteroatoms. The van der Waals surface area contributed by atoms with Gasteiger partial charge in [-0.25, -0.2) is 4.68 Å². The van der Waals surface area contributed by atoms with Gasteiger partial charge < -0.3 is 10.1 Å². The van der Waals surface area contributed by atoms with E-state index in [9.17, 15) is 0 Å². The van der Waals surface area contributed by atoms with Crippen molar-refractivity contribution in [3.05, 3.63) is 6.07 Å². The Kier molecular flexibility index (Phi) is 3.92. The molecule has 0 aromatic carbocycles. The van der Waals surface area contributed by atoms with E-state index in [1.165, 1.54) is 32.1 Å². The molecule has 2 rings (SSSR count). The summed E-state index contributed by atoms with van der Waals surface area (Å²) in [5.41, 5.74) is 0. The Morgan fingerprint density at radius 1 is 1.35 bits per heavy atom. The summed E-state index contributed by atoms with van der Waals surface area (Å²) in [5.74, 6) is 2.61. The predicted octanol–water partition coefficient (Wildman–Crippen LogP) is 2.81. The predicted molar refractivity (Wildman–Crippen MR) is 69.4 cm³/mol. The van der Waals surface area contributed by atoms with E-state index in [1.807, 2.05) is 13.1 Å². The van der Waals surface area contributed by atoms with E-state index in [4.69, 9.17) is 4.74 Å². The first-order valence-electron chi connectivity index (χ1n) is 6.53. The summed E-state index contributed by atoms with van der Waals surface area (Å²) < 4.78 is 6.98. The van der Waals surface area contributed by atoms with Gasteiger partial charge in [0.25, 0.3) is 0 Å². The molecule has 1 saturated carbocycles. The third-order valence-electron chi connectivity index (χ3n) is 3.66. The van der Waals surface area contributed by atoms with Gasteiger partial charge in [0.1, 0.15) is 0 Å². The largest absolute Gasteiger partial charge is 0.481 e. The number of aromatic nitrogens is 2. The number of methoxy groups -OCH3 is 1. The van der Waals surface area contributed by atoms with E-state index in [0.29, 0.717) is 6.04 Å². The standard InChI is InChI=1S/C13H23N3O/c1-10-5-4-6-11(8-7-10)14-12-9-13(17-3)16(2)15-12/h9-11H,4-8H2,1-3H3,(H,14,15). The van der Waals surface area contributed by atoms with Crippen LogP contribution < -0.4 is 10.1 Å². The van der Waals surface area contributed by atoms with Crippen molar-refractivity contribution in [1.29, 1.82) is 0 Å². The Balaban J connectivity index is 1.95. The van der Waals surface area contributed by atoms with E-state index in [2.05, 4.69) is 17.3 Å². The van der Waals surface area contributed by atoms with Crippen molar-refractivity contribution < 1.29 is 4.74 Å². The van der Waals surface area contributed by atoms with Crippen molar-refractivity contribution in [2.75, 3.05) is 12.4 Å². The summed E-state index contributed by atoms with van der Waals surface area (Å²) in [6.45, 7) is 2.35. The number of nitrogens with one attached hydrogen (secondary N) is 1. The molecule has 1 fully saturated rings. The Labute approximate surface area is 103 Å². The summed E-state index contributed by atoms with van der Waals surface area (Å²) in [4.78, 5) is 0. The molecule has 96 valence electrons. The van der Waals surface area contributed by atoms with Gasteiger partial charge in [-0.3, -0.25) is 0 Å². The average molecular weight is 237 g/mol. The monoisotopic (exact) mass is 237 g/mol. The van der Waals surface area contributed by atoms with Crippen LogP contribution in [0.3, 0.4) is 0 Å². The highest BCUT2D eigenvalue weighted by atomic mass is 16.5. The topological polar surface area (TPSA) is 39.1 Å². The molecule has 1 aliphatic rings. The third-order valence-corrected chi connectivity index (χ3v) is 3.66. The zero-order chi connectivity index (χ0) is 12.3. The lowest BCUT2D eigenvalue weighted by Gasteiger charge is -2.15. The van der Waals surface area contributed by atoms with Gasteiger partial charge in [-0.05, 0) is 25.2 Å². The first-order chi connectivity index (χ1) is 8.19. The second-order valence-corrected chi connectivity index (χ2v) is 5.15. The highest BCUT2D eigenvalue weighted by Gasteiger charge is 2.17. The minimum atomic E-state index is 0.569. The van der Waals surface area contributed by atoms with Crippen molar-refractivity contribution in [1.82, 2.24) is 9.78 Å². The van der Waals surface area contributed by atoms with Gasteiger partial charge >= 0.3 is 0 Å².